The molecule has 0 aliphatic heterocycles. The zero-order chi connectivity index (χ0) is 27.1. The number of anilines is 3. The van der Waals surface area contributed by atoms with Crippen LogP contribution >= 0.6 is 0 Å². The molecule has 0 amide bonds. The van der Waals surface area contributed by atoms with Crippen molar-refractivity contribution in [1.29, 1.82) is 0 Å². The Hall–Kier alpha value is -5.06. The fourth-order valence-electron chi connectivity index (χ4n) is 4.94. The number of hydrogen-bond donors (Lipinski definition) is 1. The number of benzene rings is 6. The monoisotopic (exact) mass is 517 g/mol. The summed E-state index contributed by atoms with van der Waals surface area (Å²) in [6.07, 6.45) is 0. The molecule has 0 fully saturated rings. The second-order valence-electron chi connectivity index (χ2n) is 9.51. The zero-order valence-electron chi connectivity index (χ0n) is 22.0. The van der Waals surface area contributed by atoms with Gasteiger partial charge in [-0.25, -0.2) is 0 Å². The maximum atomic E-state index is 9.00. The Morgan fingerprint density at radius 1 is 0.375 bits per heavy atom. The molecule has 0 bridgehead atoms. The summed E-state index contributed by atoms with van der Waals surface area (Å²) in [5, 5.41) is 9.00. The fraction of sp³-hybridized carbons (Fsp3) is 0. The molecule has 0 atom stereocenters. The van der Waals surface area contributed by atoms with E-state index in [1.54, 1.807) is 0 Å². The highest BCUT2D eigenvalue weighted by atomic mass is 16.5. The van der Waals surface area contributed by atoms with Gasteiger partial charge in [0, 0.05) is 17.1 Å². The van der Waals surface area contributed by atoms with E-state index in [1.807, 2.05) is 36.4 Å². The van der Waals surface area contributed by atoms with Crippen LogP contribution in [0.1, 0.15) is 0 Å². The average molecular weight is 517 g/mol. The minimum atomic E-state index is -0.331. The van der Waals surface area contributed by atoms with Crippen LogP contribution in [0.5, 0.6) is 5.75 Å². The molecule has 6 aromatic carbocycles. The van der Waals surface area contributed by atoms with Crippen LogP contribution in [-0.4, -0.2) is 12.7 Å². The Bertz CT molecular complexity index is 1570. The van der Waals surface area contributed by atoms with Gasteiger partial charge in [-0.1, -0.05) is 109 Å². The third-order valence-electron chi connectivity index (χ3n) is 7.01. The summed E-state index contributed by atoms with van der Waals surface area (Å²) in [6.45, 7) is 0. The van der Waals surface area contributed by atoms with E-state index < -0.39 is 0 Å². The summed E-state index contributed by atoms with van der Waals surface area (Å²) in [6, 6.07) is 54.7. The molecule has 0 aromatic heterocycles. The Morgan fingerprint density at radius 3 is 1.00 bits per heavy atom. The first-order chi connectivity index (χ1) is 19.8. The first-order valence-corrected chi connectivity index (χ1v) is 13.3. The van der Waals surface area contributed by atoms with Gasteiger partial charge in [-0.05, 0) is 81.9 Å². The van der Waals surface area contributed by atoms with Crippen LogP contribution in [-0.2, 0) is 0 Å². The van der Waals surface area contributed by atoms with Gasteiger partial charge in [0.05, 0.1) is 0 Å². The van der Waals surface area contributed by atoms with E-state index in [2.05, 4.69) is 126 Å². The van der Waals surface area contributed by atoms with Crippen molar-refractivity contribution in [1.82, 2.24) is 0 Å². The molecule has 6 aromatic rings. The van der Waals surface area contributed by atoms with Crippen molar-refractivity contribution in [3.63, 3.8) is 0 Å². The van der Waals surface area contributed by atoms with Gasteiger partial charge < -0.3 is 14.6 Å². The lowest BCUT2D eigenvalue weighted by Gasteiger charge is -2.26. The third-order valence-corrected chi connectivity index (χ3v) is 7.01. The minimum Gasteiger partial charge on any atom is -0.539 e. The lowest BCUT2D eigenvalue weighted by atomic mass is 10.0. The average Bonchev–Trinajstić information content (AvgIpc) is 3.04. The lowest BCUT2D eigenvalue weighted by molar-refractivity contribution is 0.454. The number of hydrogen-bond acceptors (Lipinski definition) is 3. The second kappa shape index (κ2) is 11.8. The molecule has 40 heavy (non-hydrogen) atoms. The highest BCUT2D eigenvalue weighted by Crippen LogP contribution is 2.37. The summed E-state index contributed by atoms with van der Waals surface area (Å²) in [4.78, 5) is 2.28. The Kier molecular flexibility index (Phi) is 7.43. The van der Waals surface area contributed by atoms with Gasteiger partial charge in [-0.3, -0.25) is 0 Å². The van der Waals surface area contributed by atoms with Gasteiger partial charge in [0.15, 0.2) is 0 Å². The molecular formula is C36H28BNO2. The van der Waals surface area contributed by atoms with E-state index >= 15 is 0 Å². The molecule has 0 radical (unpaired) electrons. The van der Waals surface area contributed by atoms with Gasteiger partial charge >= 0.3 is 7.69 Å². The standard InChI is InChI=1S/C36H28BNO2/c39-37-40-36-25-17-32(18-26-36)31-15-23-35(24-16-31)38(33-19-11-29(12-20-33)27-7-3-1-4-8-27)34-21-13-30(14-22-34)28-9-5-2-6-10-28/h1-26,37,39H. The molecule has 0 heterocycles. The van der Waals surface area contributed by atoms with Crippen LogP contribution in [0.25, 0.3) is 33.4 Å². The van der Waals surface area contributed by atoms with E-state index in [0.29, 0.717) is 5.75 Å². The Balaban J connectivity index is 1.35. The van der Waals surface area contributed by atoms with E-state index in [1.165, 1.54) is 22.3 Å². The molecule has 0 saturated carbocycles. The predicted octanol–water partition coefficient (Wildman–Crippen LogP) is 8.80. The first-order valence-electron chi connectivity index (χ1n) is 13.3. The van der Waals surface area contributed by atoms with Gasteiger partial charge in [-0.15, -0.1) is 0 Å². The van der Waals surface area contributed by atoms with Gasteiger partial charge in [-0.2, -0.15) is 0 Å². The molecule has 0 saturated heterocycles. The molecule has 1 N–H and O–H groups in total. The molecule has 0 aliphatic carbocycles. The molecule has 6 rings (SSSR count). The molecule has 4 heteroatoms. The largest absolute Gasteiger partial charge is 0.539 e. The van der Waals surface area contributed by atoms with Crippen LogP contribution in [0, 0.1) is 0 Å². The van der Waals surface area contributed by atoms with Crippen LogP contribution < -0.4 is 9.55 Å². The Morgan fingerprint density at radius 2 is 0.675 bits per heavy atom. The summed E-state index contributed by atoms with van der Waals surface area (Å²) in [5.41, 5.74) is 10.2. The van der Waals surface area contributed by atoms with E-state index in [4.69, 9.17) is 9.68 Å². The number of nitrogens with zero attached hydrogens (tertiary/aromatic N) is 1. The molecule has 0 aliphatic rings. The van der Waals surface area contributed by atoms with E-state index in [-0.39, 0.29) is 7.69 Å². The normalized spacial score (nSPS) is 10.6. The van der Waals surface area contributed by atoms with E-state index in [9.17, 15) is 0 Å². The highest BCUT2D eigenvalue weighted by molar-refractivity contribution is 6.17. The maximum Gasteiger partial charge on any atom is 0.504 e. The van der Waals surface area contributed by atoms with E-state index in [0.717, 1.165) is 28.2 Å². The maximum absolute atomic E-state index is 9.00. The van der Waals surface area contributed by atoms with Crippen LogP contribution in [0.2, 0.25) is 0 Å². The predicted molar refractivity (Wildman–Crippen MR) is 167 cm³/mol. The smallest absolute Gasteiger partial charge is 0.504 e. The topological polar surface area (TPSA) is 32.7 Å². The summed E-state index contributed by atoms with van der Waals surface area (Å²) in [7, 11) is -0.331. The first kappa shape index (κ1) is 25.2. The summed E-state index contributed by atoms with van der Waals surface area (Å²) >= 11 is 0. The number of rotatable bonds is 8. The van der Waals surface area contributed by atoms with Crippen molar-refractivity contribution < 1.29 is 9.68 Å². The van der Waals surface area contributed by atoms with Gasteiger partial charge in [0.25, 0.3) is 0 Å². The van der Waals surface area contributed by atoms with Crippen molar-refractivity contribution in [3.8, 4) is 39.1 Å². The van der Waals surface area contributed by atoms with Crippen LogP contribution in [0.3, 0.4) is 0 Å². The molecule has 0 unspecified atom stereocenters. The Labute approximate surface area is 235 Å². The van der Waals surface area contributed by atoms with Gasteiger partial charge in [0.1, 0.15) is 5.75 Å². The van der Waals surface area contributed by atoms with Crippen LogP contribution in [0.15, 0.2) is 158 Å². The summed E-state index contributed by atoms with van der Waals surface area (Å²) < 4.78 is 5.17. The second-order valence-corrected chi connectivity index (χ2v) is 9.51. The van der Waals surface area contributed by atoms with Crippen molar-refractivity contribution >= 4 is 24.7 Å². The van der Waals surface area contributed by atoms with Crippen molar-refractivity contribution in [2.45, 2.75) is 0 Å². The minimum absolute atomic E-state index is 0.331. The van der Waals surface area contributed by atoms with Crippen molar-refractivity contribution in [3.05, 3.63) is 158 Å². The fourth-order valence-corrected chi connectivity index (χ4v) is 4.94. The highest BCUT2D eigenvalue weighted by Gasteiger charge is 2.14. The molecule has 0 spiro atoms. The SMILES string of the molecule is OBOc1ccc(-c2ccc(N(c3ccc(-c4ccccc4)cc3)c3ccc(-c4ccccc4)cc3)cc2)cc1. The van der Waals surface area contributed by atoms with Crippen molar-refractivity contribution in [2.75, 3.05) is 4.90 Å². The summed E-state index contributed by atoms with van der Waals surface area (Å²) in [5.74, 6) is 0.645. The third kappa shape index (κ3) is 5.53. The lowest BCUT2D eigenvalue weighted by Crippen LogP contribution is -2.09. The zero-order valence-corrected chi connectivity index (χ0v) is 22.0. The molecule has 192 valence electrons. The van der Waals surface area contributed by atoms with Gasteiger partial charge in [0.2, 0.25) is 0 Å². The quantitative estimate of drug-likeness (QED) is 0.205. The van der Waals surface area contributed by atoms with Crippen molar-refractivity contribution in [2.24, 2.45) is 0 Å². The van der Waals surface area contributed by atoms with Crippen LogP contribution in [0.4, 0.5) is 17.1 Å². The molecule has 3 nitrogen and oxygen atoms in total. The molecular weight excluding hydrogens is 489 g/mol.